The third-order valence-corrected chi connectivity index (χ3v) is 2.87. The summed E-state index contributed by atoms with van der Waals surface area (Å²) >= 11 is 1.11. The van der Waals surface area contributed by atoms with Crippen LogP contribution in [0.4, 0.5) is 0 Å². The summed E-state index contributed by atoms with van der Waals surface area (Å²) in [5.74, 6) is -0.513. The van der Waals surface area contributed by atoms with Gasteiger partial charge in [0.25, 0.3) is 5.91 Å². The van der Waals surface area contributed by atoms with Gasteiger partial charge < -0.3 is 10.1 Å². The number of amides is 1. The Bertz CT molecular complexity index is 444. The molecular formula is C9H10N4O3S. The molecule has 17 heavy (non-hydrogen) atoms. The first-order chi connectivity index (χ1) is 8.20. The predicted molar refractivity (Wildman–Crippen MR) is 61.4 cm³/mol. The van der Waals surface area contributed by atoms with E-state index in [1.807, 2.05) is 0 Å². The minimum Gasteiger partial charge on any atom is -0.465 e. The molecule has 1 unspecified atom stereocenters. The van der Waals surface area contributed by atoms with E-state index in [2.05, 4.69) is 20.5 Å². The van der Waals surface area contributed by atoms with Crippen LogP contribution < -0.4 is 5.32 Å². The fourth-order valence-corrected chi connectivity index (χ4v) is 1.95. The Morgan fingerprint density at radius 3 is 3.24 bits per heavy atom. The molecule has 0 spiro atoms. The molecule has 2 aliphatic heterocycles. The fraction of sp³-hybridized carbons (Fsp3) is 0.444. The third kappa shape index (κ3) is 2.70. The molecule has 0 bridgehead atoms. The summed E-state index contributed by atoms with van der Waals surface area (Å²) in [4.78, 5) is 26.8. The number of fused-ring (bicyclic) bond motifs is 1. The molecule has 8 heteroatoms. The monoisotopic (exact) mass is 254 g/mol. The highest BCUT2D eigenvalue weighted by Gasteiger charge is 2.29. The Labute approximate surface area is 101 Å². The zero-order valence-electron chi connectivity index (χ0n) is 9.04. The van der Waals surface area contributed by atoms with E-state index in [0.29, 0.717) is 17.3 Å². The van der Waals surface area contributed by atoms with E-state index in [-0.39, 0.29) is 17.6 Å². The van der Waals surface area contributed by atoms with Gasteiger partial charge in [-0.2, -0.15) is 10.2 Å². The van der Waals surface area contributed by atoms with Gasteiger partial charge >= 0.3 is 5.97 Å². The van der Waals surface area contributed by atoms with E-state index in [1.165, 1.54) is 6.20 Å². The van der Waals surface area contributed by atoms with Crippen molar-refractivity contribution in [2.45, 2.75) is 13.1 Å². The lowest BCUT2D eigenvalue weighted by Gasteiger charge is -2.16. The van der Waals surface area contributed by atoms with Gasteiger partial charge in [0, 0.05) is 0 Å². The second-order valence-corrected chi connectivity index (χ2v) is 4.14. The molecule has 1 amide bonds. The van der Waals surface area contributed by atoms with Gasteiger partial charge in [-0.05, 0) is 6.92 Å². The summed E-state index contributed by atoms with van der Waals surface area (Å²) in [6.07, 6.45) is 0.824. The van der Waals surface area contributed by atoms with Gasteiger partial charge in [0.2, 0.25) is 0 Å². The summed E-state index contributed by atoms with van der Waals surface area (Å²) in [7, 11) is 0. The summed E-state index contributed by atoms with van der Waals surface area (Å²) in [5, 5.41) is 10.3. The van der Waals surface area contributed by atoms with Crippen molar-refractivity contribution in [3.05, 3.63) is 11.8 Å². The van der Waals surface area contributed by atoms with Crippen LogP contribution in [0.3, 0.4) is 0 Å². The summed E-state index contributed by atoms with van der Waals surface area (Å²) in [6.45, 7) is 2.07. The van der Waals surface area contributed by atoms with Gasteiger partial charge in [0.1, 0.15) is 0 Å². The van der Waals surface area contributed by atoms with Crippen LogP contribution >= 0.6 is 11.8 Å². The van der Waals surface area contributed by atoms with Gasteiger partial charge in [-0.3, -0.25) is 9.59 Å². The molecule has 7 nitrogen and oxygen atoms in total. The van der Waals surface area contributed by atoms with Gasteiger partial charge in [0.15, 0.2) is 11.3 Å². The van der Waals surface area contributed by atoms with E-state index < -0.39 is 6.17 Å². The molecule has 0 fully saturated rings. The minimum absolute atomic E-state index is 0.107. The normalized spacial score (nSPS) is 21.5. The van der Waals surface area contributed by atoms with Gasteiger partial charge in [-0.1, -0.05) is 11.8 Å². The first kappa shape index (κ1) is 11.8. The standard InChI is InChI=1S/C9H10N4O3S/c1-2-16-6(14)4-17-9-11-7-5(3-10-13-7)8(15)12-9/h3,7H,2,4H2,1H3,(H,11,12,15). The molecule has 2 heterocycles. The molecule has 0 aromatic carbocycles. The number of hydrogen-bond donors (Lipinski definition) is 1. The lowest BCUT2D eigenvalue weighted by molar-refractivity contribution is -0.139. The Balaban J connectivity index is 1.94. The van der Waals surface area contributed by atoms with Gasteiger partial charge in [-0.15, -0.1) is 0 Å². The maximum Gasteiger partial charge on any atom is 0.316 e. The molecule has 2 rings (SSSR count). The smallest absolute Gasteiger partial charge is 0.316 e. The fourth-order valence-electron chi connectivity index (χ4n) is 1.27. The van der Waals surface area contributed by atoms with Crippen molar-refractivity contribution in [2.75, 3.05) is 12.4 Å². The van der Waals surface area contributed by atoms with Crippen molar-refractivity contribution in [1.29, 1.82) is 0 Å². The van der Waals surface area contributed by atoms with Crippen LogP contribution in [0.2, 0.25) is 0 Å². The van der Waals surface area contributed by atoms with Crippen LogP contribution in [0.15, 0.2) is 27.0 Å². The van der Waals surface area contributed by atoms with E-state index in [9.17, 15) is 9.59 Å². The second kappa shape index (κ2) is 5.09. The van der Waals surface area contributed by atoms with E-state index in [4.69, 9.17) is 4.74 Å². The zero-order chi connectivity index (χ0) is 12.3. The summed E-state index contributed by atoms with van der Waals surface area (Å²) in [5.41, 5.74) is 0.422. The lowest BCUT2D eigenvalue weighted by Crippen LogP contribution is -2.38. The third-order valence-electron chi connectivity index (χ3n) is 2.01. The number of ether oxygens (including phenoxy) is 1. The number of amidine groups is 1. The average molecular weight is 254 g/mol. The van der Waals surface area contributed by atoms with Crippen LogP contribution in [-0.2, 0) is 14.3 Å². The van der Waals surface area contributed by atoms with E-state index >= 15 is 0 Å². The number of thioether (sulfide) groups is 1. The van der Waals surface area contributed by atoms with Crippen molar-refractivity contribution in [2.24, 2.45) is 15.2 Å². The molecule has 0 aliphatic carbocycles. The highest BCUT2D eigenvalue weighted by molar-refractivity contribution is 8.14. The Hall–Kier alpha value is -1.70. The van der Waals surface area contributed by atoms with Crippen LogP contribution in [0.1, 0.15) is 6.92 Å². The van der Waals surface area contributed by atoms with Crippen LogP contribution in [0.25, 0.3) is 0 Å². The maximum atomic E-state index is 11.5. The van der Waals surface area contributed by atoms with Crippen molar-refractivity contribution >= 4 is 28.8 Å². The van der Waals surface area contributed by atoms with Crippen LogP contribution in [-0.4, -0.2) is 35.6 Å². The number of azo groups is 1. The molecule has 0 aromatic heterocycles. The van der Waals surface area contributed by atoms with Crippen molar-refractivity contribution in [3.63, 3.8) is 0 Å². The number of nitrogens with one attached hydrogen (secondary N) is 1. The molecule has 90 valence electrons. The Kier molecular flexibility index (Phi) is 3.52. The largest absolute Gasteiger partial charge is 0.465 e. The van der Waals surface area contributed by atoms with E-state index in [0.717, 1.165) is 11.8 Å². The Morgan fingerprint density at radius 1 is 1.65 bits per heavy atom. The SMILES string of the molecule is CCOC(=O)CSC1=NC2N=NC=C2C(=O)N1. The molecule has 0 aromatic rings. The van der Waals surface area contributed by atoms with Crippen molar-refractivity contribution in [3.8, 4) is 0 Å². The molecular weight excluding hydrogens is 244 g/mol. The highest BCUT2D eigenvalue weighted by Crippen LogP contribution is 2.21. The highest BCUT2D eigenvalue weighted by atomic mass is 32.2. The quantitative estimate of drug-likeness (QED) is 0.740. The first-order valence-corrected chi connectivity index (χ1v) is 5.97. The number of esters is 1. The van der Waals surface area contributed by atoms with Crippen LogP contribution in [0, 0.1) is 0 Å². The van der Waals surface area contributed by atoms with Gasteiger partial charge in [-0.25, -0.2) is 4.99 Å². The zero-order valence-corrected chi connectivity index (χ0v) is 9.86. The van der Waals surface area contributed by atoms with Crippen LogP contribution in [0.5, 0.6) is 0 Å². The molecule has 0 saturated heterocycles. The Morgan fingerprint density at radius 2 is 2.47 bits per heavy atom. The van der Waals surface area contributed by atoms with Crippen molar-refractivity contribution in [1.82, 2.24) is 5.32 Å². The maximum absolute atomic E-state index is 11.5. The lowest BCUT2D eigenvalue weighted by atomic mass is 10.2. The predicted octanol–water partition coefficient (Wildman–Crippen LogP) is 0.444. The number of nitrogens with zero attached hydrogens (tertiary/aromatic N) is 3. The molecule has 0 saturated carbocycles. The topological polar surface area (TPSA) is 92.5 Å². The first-order valence-electron chi connectivity index (χ1n) is 4.98. The number of hydrogen-bond acceptors (Lipinski definition) is 7. The second-order valence-electron chi connectivity index (χ2n) is 3.17. The summed E-state index contributed by atoms with van der Waals surface area (Å²) in [6, 6.07) is 0. The number of carbonyl (C=O) groups excluding carboxylic acids is 2. The number of carbonyl (C=O) groups is 2. The van der Waals surface area contributed by atoms with E-state index in [1.54, 1.807) is 6.92 Å². The average Bonchev–Trinajstić information content (AvgIpc) is 2.75. The molecule has 1 atom stereocenters. The molecule has 0 radical (unpaired) electrons. The molecule has 2 aliphatic rings. The van der Waals surface area contributed by atoms with Gasteiger partial charge in [0.05, 0.1) is 24.1 Å². The molecule has 1 N–H and O–H groups in total. The summed E-state index contributed by atoms with van der Waals surface area (Å²) < 4.78 is 4.77. The number of rotatable bonds is 3. The number of aliphatic imine (C=N–C) groups is 1. The minimum atomic E-state index is -0.562. The van der Waals surface area contributed by atoms with Crippen molar-refractivity contribution < 1.29 is 14.3 Å².